The molecule has 4 heteroatoms. The van der Waals surface area contributed by atoms with Crippen LogP contribution in [0.1, 0.15) is 11.9 Å². The van der Waals surface area contributed by atoms with Crippen molar-refractivity contribution in [1.82, 2.24) is 0 Å². The standard InChI is InChI=1S/C14H16O4/c1-15-13-8-7-11-12(17-13)9-16-14(18-11)10-5-3-2-4-6-10/h2-8,11-14H,9H2,1H3/t11-,12-,13+,14?/m1/s1. The first-order valence-corrected chi connectivity index (χ1v) is 6.05. The van der Waals surface area contributed by atoms with Crippen LogP contribution in [0.4, 0.5) is 0 Å². The molecule has 1 saturated heterocycles. The van der Waals surface area contributed by atoms with Crippen molar-refractivity contribution in [2.45, 2.75) is 24.8 Å². The first-order chi connectivity index (χ1) is 8.86. The lowest BCUT2D eigenvalue weighted by molar-refractivity contribution is -0.280. The molecule has 18 heavy (non-hydrogen) atoms. The molecule has 2 aliphatic heterocycles. The summed E-state index contributed by atoms with van der Waals surface area (Å²) in [5.74, 6) is 0. The molecule has 0 spiro atoms. The first-order valence-electron chi connectivity index (χ1n) is 6.05. The summed E-state index contributed by atoms with van der Waals surface area (Å²) < 4.78 is 22.4. The average molecular weight is 248 g/mol. The molecule has 0 amide bonds. The lowest BCUT2D eigenvalue weighted by Gasteiger charge is -2.38. The summed E-state index contributed by atoms with van der Waals surface area (Å²) in [6.07, 6.45) is 3.07. The van der Waals surface area contributed by atoms with Crippen LogP contribution in [0.5, 0.6) is 0 Å². The van der Waals surface area contributed by atoms with E-state index in [9.17, 15) is 0 Å². The molecule has 0 N–H and O–H groups in total. The molecule has 2 heterocycles. The summed E-state index contributed by atoms with van der Waals surface area (Å²) >= 11 is 0. The Labute approximate surface area is 106 Å². The second-order valence-electron chi connectivity index (χ2n) is 4.34. The molecule has 96 valence electrons. The molecule has 0 aromatic heterocycles. The Kier molecular flexibility index (Phi) is 3.43. The summed E-state index contributed by atoms with van der Waals surface area (Å²) in [4.78, 5) is 0. The summed E-state index contributed by atoms with van der Waals surface area (Å²) in [5, 5.41) is 0. The Morgan fingerprint density at radius 1 is 1.11 bits per heavy atom. The number of rotatable bonds is 2. The van der Waals surface area contributed by atoms with Gasteiger partial charge in [-0.1, -0.05) is 36.4 Å². The third kappa shape index (κ3) is 2.33. The molecule has 0 radical (unpaired) electrons. The van der Waals surface area contributed by atoms with Crippen molar-refractivity contribution in [2.75, 3.05) is 13.7 Å². The number of methoxy groups -OCH3 is 1. The molecule has 0 bridgehead atoms. The van der Waals surface area contributed by atoms with Crippen LogP contribution in [0, 0.1) is 0 Å². The molecule has 4 atom stereocenters. The van der Waals surface area contributed by atoms with Crippen LogP contribution in [0.3, 0.4) is 0 Å². The van der Waals surface area contributed by atoms with Gasteiger partial charge in [0.15, 0.2) is 12.6 Å². The number of ether oxygens (including phenoxy) is 4. The van der Waals surface area contributed by atoms with Crippen LogP contribution in [-0.4, -0.2) is 32.2 Å². The van der Waals surface area contributed by atoms with Crippen molar-refractivity contribution < 1.29 is 18.9 Å². The summed E-state index contributed by atoms with van der Waals surface area (Å²) in [5.41, 5.74) is 1.03. The summed E-state index contributed by atoms with van der Waals surface area (Å²) in [7, 11) is 1.62. The summed E-state index contributed by atoms with van der Waals surface area (Å²) in [6, 6.07) is 9.92. The Hall–Kier alpha value is -1.20. The molecule has 1 aromatic carbocycles. The number of hydrogen-bond donors (Lipinski definition) is 0. The van der Waals surface area contributed by atoms with Crippen molar-refractivity contribution in [3.8, 4) is 0 Å². The molecule has 0 saturated carbocycles. The SMILES string of the molecule is CO[C@@H]1C=C[C@H]2OC(c3ccccc3)OC[C@H]2O1. The smallest absolute Gasteiger partial charge is 0.184 e. The molecule has 1 aromatic rings. The van der Waals surface area contributed by atoms with Crippen molar-refractivity contribution >= 4 is 0 Å². The molecular formula is C14H16O4. The zero-order valence-electron chi connectivity index (χ0n) is 10.2. The maximum atomic E-state index is 5.88. The van der Waals surface area contributed by atoms with Crippen molar-refractivity contribution in [3.63, 3.8) is 0 Å². The van der Waals surface area contributed by atoms with Gasteiger partial charge in [-0.15, -0.1) is 0 Å². The van der Waals surface area contributed by atoms with E-state index in [0.29, 0.717) is 6.61 Å². The van der Waals surface area contributed by atoms with Crippen LogP contribution in [0.15, 0.2) is 42.5 Å². The quantitative estimate of drug-likeness (QED) is 0.750. The van der Waals surface area contributed by atoms with Gasteiger partial charge in [0.1, 0.15) is 12.2 Å². The van der Waals surface area contributed by atoms with Gasteiger partial charge in [0, 0.05) is 12.7 Å². The predicted octanol–water partition coefficient (Wildman–Crippen LogP) is 2.03. The Balaban J connectivity index is 1.71. The highest BCUT2D eigenvalue weighted by Crippen LogP contribution is 2.30. The van der Waals surface area contributed by atoms with Gasteiger partial charge in [-0.05, 0) is 6.08 Å². The fourth-order valence-corrected chi connectivity index (χ4v) is 2.17. The number of fused-ring (bicyclic) bond motifs is 1. The third-order valence-corrected chi connectivity index (χ3v) is 3.13. The highest BCUT2D eigenvalue weighted by Gasteiger charge is 2.35. The van der Waals surface area contributed by atoms with Gasteiger partial charge >= 0.3 is 0 Å². The van der Waals surface area contributed by atoms with E-state index in [0.717, 1.165) is 5.56 Å². The van der Waals surface area contributed by atoms with E-state index in [1.54, 1.807) is 7.11 Å². The van der Waals surface area contributed by atoms with Crippen LogP contribution >= 0.6 is 0 Å². The van der Waals surface area contributed by atoms with E-state index in [-0.39, 0.29) is 24.8 Å². The van der Waals surface area contributed by atoms with E-state index in [1.165, 1.54) is 0 Å². The molecule has 1 unspecified atom stereocenters. The normalized spacial score (nSPS) is 35.2. The molecule has 2 aliphatic rings. The fourth-order valence-electron chi connectivity index (χ4n) is 2.17. The summed E-state index contributed by atoms with van der Waals surface area (Å²) in [6.45, 7) is 0.508. The zero-order chi connectivity index (χ0) is 12.4. The van der Waals surface area contributed by atoms with Crippen LogP contribution < -0.4 is 0 Å². The Bertz CT molecular complexity index is 417. The van der Waals surface area contributed by atoms with Gasteiger partial charge in [-0.25, -0.2) is 0 Å². The van der Waals surface area contributed by atoms with Crippen molar-refractivity contribution in [3.05, 3.63) is 48.0 Å². The Morgan fingerprint density at radius 3 is 2.72 bits per heavy atom. The lowest BCUT2D eigenvalue weighted by atomic mass is 10.1. The van der Waals surface area contributed by atoms with E-state index in [4.69, 9.17) is 18.9 Å². The maximum absolute atomic E-state index is 5.88. The Morgan fingerprint density at radius 2 is 1.94 bits per heavy atom. The molecular weight excluding hydrogens is 232 g/mol. The first kappa shape index (κ1) is 11.9. The van der Waals surface area contributed by atoms with Gasteiger partial charge in [-0.3, -0.25) is 0 Å². The highest BCUT2D eigenvalue weighted by atomic mass is 16.7. The van der Waals surface area contributed by atoms with Crippen LogP contribution in [0.25, 0.3) is 0 Å². The second kappa shape index (κ2) is 5.20. The van der Waals surface area contributed by atoms with Crippen molar-refractivity contribution in [2.24, 2.45) is 0 Å². The van der Waals surface area contributed by atoms with Gasteiger partial charge in [0.05, 0.1) is 6.61 Å². The van der Waals surface area contributed by atoms with Crippen molar-refractivity contribution in [1.29, 1.82) is 0 Å². The van der Waals surface area contributed by atoms with E-state index < -0.39 is 0 Å². The minimum atomic E-state index is -0.320. The second-order valence-corrected chi connectivity index (χ2v) is 4.34. The molecule has 1 fully saturated rings. The lowest BCUT2D eigenvalue weighted by Crippen LogP contribution is -2.45. The predicted molar refractivity (Wildman–Crippen MR) is 64.8 cm³/mol. The van der Waals surface area contributed by atoms with E-state index in [1.807, 2.05) is 42.5 Å². The van der Waals surface area contributed by atoms with Crippen LogP contribution in [0.2, 0.25) is 0 Å². The molecule has 0 aliphatic carbocycles. The number of benzene rings is 1. The van der Waals surface area contributed by atoms with Gasteiger partial charge in [-0.2, -0.15) is 0 Å². The zero-order valence-corrected chi connectivity index (χ0v) is 10.2. The minimum Gasteiger partial charge on any atom is -0.352 e. The monoisotopic (exact) mass is 248 g/mol. The third-order valence-electron chi connectivity index (χ3n) is 3.13. The minimum absolute atomic E-state index is 0.0737. The van der Waals surface area contributed by atoms with Crippen LogP contribution in [-0.2, 0) is 18.9 Å². The van der Waals surface area contributed by atoms with Gasteiger partial charge in [0.2, 0.25) is 0 Å². The number of hydrogen-bond acceptors (Lipinski definition) is 4. The molecule has 3 rings (SSSR count). The molecule has 4 nitrogen and oxygen atoms in total. The highest BCUT2D eigenvalue weighted by molar-refractivity contribution is 5.17. The largest absolute Gasteiger partial charge is 0.352 e. The topological polar surface area (TPSA) is 36.9 Å². The van der Waals surface area contributed by atoms with Gasteiger partial charge in [0.25, 0.3) is 0 Å². The van der Waals surface area contributed by atoms with E-state index >= 15 is 0 Å². The maximum Gasteiger partial charge on any atom is 0.184 e. The van der Waals surface area contributed by atoms with E-state index in [2.05, 4.69) is 0 Å². The fraction of sp³-hybridized carbons (Fsp3) is 0.429. The van der Waals surface area contributed by atoms with Gasteiger partial charge < -0.3 is 18.9 Å². The average Bonchev–Trinajstić information content (AvgIpc) is 2.47.